The average Bonchev–Trinajstić information content (AvgIpc) is 2.96. The molecule has 1 aliphatic heterocycles. The predicted molar refractivity (Wildman–Crippen MR) is 80.9 cm³/mol. The summed E-state index contributed by atoms with van der Waals surface area (Å²) in [6, 6.07) is 7.00. The zero-order valence-electron chi connectivity index (χ0n) is 12.3. The van der Waals surface area contributed by atoms with Gasteiger partial charge in [-0.15, -0.1) is 10.2 Å². The Hall–Kier alpha value is -3.16. The van der Waals surface area contributed by atoms with Crippen LogP contribution in [0.3, 0.4) is 0 Å². The van der Waals surface area contributed by atoms with Crippen molar-refractivity contribution in [3.8, 4) is 11.5 Å². The van der Waals surface area contributed by atoms with E-state index in [0.717, 1.165) is 5.69 Å². The third-order valence-electron chi connectivity index (χ3n) is 3.46. The van der Waals surface area contributed by atoms with Gasteiger partial charge in [0.2, 0.25) is 5.95 Å². The van der Waals surface area contributed by atoms with Crippen molar-refractivity contribution in [1.29, 1.82) is 0 Å². The predicted octanol–water partition coefficient (Wildman–Crippen LogP) is 1.46. The number of benzene rings is 1. The molecule has 1 aliphatic rings. The van der Waals surface area contributed by atoms with Crippen LogP contribution >= 0.6 is 0 Å². The zero-order valence-corrected chi connectivity index (χ0v) is 12.3. The lowest BCUT2D eigenvalue weighted by atomic mass is 10.1. The summed E-state index contributed by atoms with van der Waals surface area (Å²) in [5, 5.41) is 10.6. The Balaban J connectivity index is 1.67. The van der Waals surface area contributed by atoms with Crippen LogP contribution in [0.2, 0.25) is 0 Å². The first-order valence-corrected chi connectivity index (χ1v) is 7.11. The fraction of sp³-hybridized carbons (Fsp3) is 0.200. The van der Waals surface area contributed by atoms with Gasteiger partial charge in [0.15, 0.2) is 11.5 Å². The Bertz CT molecular complexity index is 905. The number of carbonyl (C=O) groups is 1. The van der Waals surface area contributed by atoms with Gasteiger partial charge in [-0.05, 0) is 25.1 Å². The number of nitrogens with one attached hydrogen (secondary N) is 1. The summed E-state index contributed by atoms with van der Waals surface area (Å²) in [5.74, 6) is 1.38. The number of rotatable bonds is 2. The number of ether oxygens (including phenoxy) is 2. The van der Waals surface area contributed by atoms with Gasteiger partial charge in [0.25, 0.3) is 11.7 Å². The Morgan fingerprint density at radius 3 is 3.00 bits per heavy atom. The molecule has 0 atom stereocenters. The molecule has 1 N–H and O–H groups in total. The Morgan fingerprint density at radius 1 is 1.22 bits per heavy atom. The molecule has 0 unspecified atom stereocenters. The highest BCUT2D eigenvalue weighted by Gasteiger charge is 2.21. The van der Waals surface area contributed by atoms with E-state index in [1.54, 1.807) is 28.8 Å². The first-order chi connectivity index (χ1) is 11.2. The van der Waals surface area contributed by atoms with Gasteiger partial charge in [0.05, 0.1) is 5.56 Å². The number of aryl methyl sites for hydroxylation is 1. The van der Waals surface area contributed by atoms with Crippen LogP contribution in [0.25, 0.3) is 5.78 Å². The molecule has 0 spiro atoms. The second kappa shape index (κ2) is 5.24. The molecule has 116 valence electrons. The number of fused-ring (bicyclic) bond motifs is 2. The molecule has 1 aromatic carbocycles. The first kappa shape index (κ1) is 13.5. The number of hydrogen-bond acceptors (Lipinski definition) is 6. The van der Waals surface area contributed by atoms with E-state index < -0.39 is 0 Å². The maximum absolute atomic E-state index is 12.5. The number of hydrogen-bond donors (Lipinski definition) is 1. The highest BCUT2D eigenvalue weighted by molar-refractivity contribution is 6.06. The maximum Gasteiger partial charge on any atom is 0.261 e. The van der Waals surface area contributed by atoms with Crippen LogP contribution in [0.4, 0.5) is 5.95 Å². The zero-order chi connectivity index (χ0) is 15.8. The van der Waals surface area contributed by atoms with Crippen LogP contribution in [0.15, 0.2) is 30.5 Å². The van der Waals surface area contributed by atoms with E-state index in [2.05, 4.69) is 20.5 Å². The molecule has 2 aromatic heterocycles. The van der Waals surface area contributed by atoms with Gasteiger partial charge in [-0.2, -0.15) is 0 Å². The third kappa shape index (κ3) is 2.33. The number of carbonyl (C=O) groups excluding carboxylic acids is 1. The second-order valence-electron chi connectivity index (χ2n) is 5.05. The van der Waals surface area contributed by atoms with Gasteiger partial charge >= 0.3 is 0 Å². The molecule has 3 heterocycles. The van der Waals surface area contributed by atoms with E-state index in [4.69, 9.17) is 9.47 Å². The standard InChI is InChI=1S/C15H13N5O3/c1-9-5-6-20-14(16-9)18-19-15(20)17-13(21)10-3-2-4-11-12(10)23-8-7-22-11/h2-6H,7-8H2,1H3,(H,17,19,21). The van der Waals surface area contributed by atoms with E-state index in [-0.39, 0.29) is 5.91 Å². The van der Waals surface area contributed by atoms with Gasteiger partial charge < -0.3 is 9.47 Å². The molecular weight excluding hydrogens is 298 g/mol. The average molecular weight is 311 g/mol. The Labute approximate surface area is 131 Å². The summed E-state index contributed by atoms with van der Waals surface area (Å²) in [6.45, 7) is 2.74. The summed E-state index contributed by atoms with van der Waals surface area (Å²) >= 11 is 0. The molecule has 0 saturated carbocycles. The van der Waals surface area contributed by atoms with Crippen molar-refractivity contribution in [1.82, 2.24) is 19.6 Å². The fourth-order valence-electron chi connectivity index (χ4n) is 2.38. The Kier molecular flexibility index (Phi) is 3.07. The molecule has 0 radical (unpaired) electrons. The second-order valence-corrected chi connectivity index (χ2v) is 5.05. The number of nitrogens with zero attached hydrogens (tertiary/aromatic N) is 4. The van der Waals surface area contributed by atoms with Crippen molar-refractivity contribution in [2.24, 2.45) is 0 Å². The van der Waals surface area contributed by atoms with E-state index >= 15 is 0 Å². The maximum atomic E-state index is 12.5. The van der Waals surface area contributed by atoms with Gasteiger partial charge in [0, 0.05) is 11.9 Å². The van der Waals surface area contributed by atoms with Gasteiger partial charge in [-0.3, -0.25) is 14.5 Å². The molecule has 23 heavy (non-hydrogen) atoms. The molecule has 8 heteroatoms. The molecule has 8 nitrogen and oxygen atoms in total. The fourth-order valence-corrected chi connectivity index (χ4v) is 2.38. The Morgan fingerprint density at radius 2 is 2.09 bits per heavy atom. The lowest BCUT2D eigenvalue weighted by molar-refractivity contribution is 0.101. The van der Waals surface area contributed by atoms with Crippen LogP contribution in [0.5, 0.6) is 11.5 Å². The molecule has 1 amide bonds. The molecule has 3 aromatic rings. The normalized spacial score (nSPS) is 13.1. The molecule has 0 bridgehead atoms. The van der Waals surface area contributed by atoms with Crippen molar-refractivity contribution in [2.45, 2.75) is 6.92 Å². The lowest BCUT2D eigenvalue weighted by Crippen LogP contribution is -2.20. The molecule has 0 aliphatic carbocycles. The molecule has 0 saturated heterocycles. The minimum Gasteiger partial charge on any atom is -0.486 e. The van der Waals surface area contributed by atoms with Crippen molar-refractivity contribution in [3.63, 3.8) is 0 Å². The minimum atomic E-state index is -0.345. The van der Waals surface area contributed by atoms with Crippen molar-refractivity contribution in [3.05, 3.63) is 41.7 Å². The number of anilines is 1. The van der Waals surface area contributed by atoms with E-state index in [0.29, 0.717) is 42.0 Å². The summed E-state index contributed by atoms with van der Waals surface area (Å²) in [4.78, 5) is 16.8. The lowest BCUT2D eigenvalue weighted by Gasteiger charge is -2.20. The van der Waals surface area contributed by atoms with E-state index in [1.807, 2.05) is 13.0 Å². The van der Waals surface area contributed by atoms with Crippen LogP contribution in [0, 0.1) is 6.92 Å². The molecule has 4 rings (SSSR count). The quantitative estimate of drug-likeness (QED) is 0.770. The number of para-hydroxylation sites is 1. The summed E-state index contributed by atoms with van der Waals surface area (Å²) in [5.41, 5.74) is 1.21. The highest BCUT2D eigenvalue weighted by Crippen LogP contribution is 2.33. The van der Waals surface area contributed by atoms with Crippen LogP contribution in [0.1, 0.15) is 16.1 Å². The molecule has 0 fully saturated rings. The van der Waals surface area contributed by atoms with Gasteiger partial charge in [0.1, 0.15) is 13.2 Å². The molecular formula is C15H13N5O3. The minimum absolute atomic E-state index is 0.298. The smallest absolute Gasteiger partial charge is 0.261 e. The van der Waals surface area contributed by atoms with Crippen LogP contribution in [-0.4, -0.2) is 38.7 Å². The van der Waals surface area contributed by atoms with Crippen molar-refractivity contribution >= 4 is 17.6 Å². The highest BCUT2D eigenvalue weighted by atomic mass is 16.6. The van der Waals surface area contributed by atoms with E-state index in [1.165, 1.54) is 0 Å². The van der Waals surface area contributed by atoms with Gasteiger partial charge in [-0.25, -0.2) is 4.98 Å². The van der Waals surface area contributed by atoms with Crippen LogP contribution < -0.4 is 14.8 Å². The number of amides is 1. The third-order valence-corrected chi connectivity index (χ3v) is 3.46. The van der Waals surface area contributed by atoms with Crippen LogP contribution in [-0.2, 0) is 0 Å². The van der Waals surface area contributed by atoms with Crippen molar-refractivity contribution in [2.75, 3.05) is 18.5 Å². The van der Waals surface area contributed by atoms with Crippen molar-refractivity contribution < 1.29 is 14.3 Å². The largest absolute Gasteiger partial charge is 0.486 e. The first-order valence-electron chi connectivity index (χ1n) is 7.11. The summed E-state index contributed by atoms with van der Waals surface area (Å²) < 4.78 is 12.7. The monoisotopic (exact) mass is 311 g/mol. The number of aromatic nitrogens is 4. The summed E-state index contributed by atoms with van der Waals surface area (Å²) in [6.07, 6.45) is 1.76. The summed E-state index contributed by atoms with van der Waals surface area (Å²) in [7, 11) is 0. The van der Waals surface area contributed by atoms with Gasteiger partial charge in [-0.1, -0.05) is 6.07 Å². The topological polar surface area (TPSA) is 90.6 Å². The van der Waals surface area contributed by atoms with E-state index in [9.17, 15) is 4.79 Å². The SMILES string of the molecule is Cc1ccn2c(NC(=O)c3cccc4c3OCCO4)nnc2n1.